The molecule has 2 heterocycles. The smallest absolute Gasteiger partial charge is 0.307 e. The van der Waals surface area contributed by atoms with Gasteiger partial charge in [-0.25, -0.2) is 4.68 Å². The van der Waals surface area contributed by atoms with Gasteiger partial charge in [0.1, 0.15) is 5.69 Å². The summed E-state index contributed by atoms with van der Waals surface area (Å²) in [6.07, 6.45) is 2.40. The number of para-hydroxylation sites is 1. The number of nitrogens with zero attached hydrogens (tertiary/aromatic N) is 5. The molecular weight excluding hydrogens is 690 g/mol. The summed E-state index contributed by atoms with van der Waals surface area (Å²) in [7, 11) is 1.93. The number of amides is 3. The fourth-order valence-corrected chi connectivity index (χ4v) is 6.99. The Kier molecular flexibility index (Phi) is 12.4. The summed E-state index contributed by atoms with van der Waals surface area (Å²) in [6.45, 7) is 5.58. The average Bonchev–Trinajstić information content (AvgIpc) is 3.40. The second-order valence-electron chi connectivity index (χ2n) is 11.1. The molecule has 236 valence electrons. The quantitative estimate of drug-likeness (QED) is 0.116. The van der Waals surface area contributed by atoms with Crippen LogP contribution in [-0.2, 0) is 32.3 Å². The maximum absolute atomic E-state index is 13.7. The number of alkyl halides is 1. The first kappa shape index (κ1) is 33.7. The number of carbonyl (C=O) groups is 4. The van der Waals surface area contributed by atoms with Crippen LogP contribution >= 0.6 is 8.73 Å². The molecule has 2 aromatic carbocycles. The van der Waals surface area contributed by atoms with Crippen molar-refractivity contribution in [2.45, 2.75) is 59.0 Å². The van der Waals surface area contributed by atoms with E-state index in [1.54, 1.807) is 16.6 Å². The molecule has 1 N–H and O–H groups in total. The van der Waals surface area contributed by atoms with E-state index in [9.17, 15) is 19.2 Å². The first-order chi connectivity index (χ1) is 21.2. The molecule has 1 aromatic heterocycles. The number of hydrogen-bond acceptors (Lipinski definition) is 6. The minimum Gasteiger partial charge on any atom is -0.307 e. The molecule has 0 radical (unpaired) electrons. The standard InChI is InChI=1S/C32H41IN6O4P/c1-22(2)20-39-32-25-12-7-8-13-26(25)38(21-23-10-5-6-11-24(23)31(32)35-36-39)30(43)16-18-34-28(41)17-19-44-37(4)29(42)15-9-14-27(40)33-3/h5-8,10-13,22,44H,9,14-21H2,1-4H3,(H,34,41)/q-1. The van der Waals surface area contributed by atoms with Gasteiger partial charge in [0.15, 0.2) is 0 Å². The summed E-state index contributed by atoms with van der Waals surface area (Å²) < 4.78 is 3.86. The van der Waals surface area contributed by atoms with E-state index in [1.165, 1.54) is 0 Å². The minimum absolute atomic E-state index is 0.00158. The molecule has 0 aliphatic carbocycles. The van der Waals surface area contributed by atoms with Crippen LogP contribution in [0.25, 0.3) is 22.5 Å². The van der Waals surface area contributed by atoms with E-state index in [4.69, 9.17) is 0 Å². The first-order valence-electron chi connectivity index (χ1n) is 14.9. The average molecular weight is 732 g/mol. The van der Waals surface area contributed by atoms with E-state index >= 15 is 0 Å². The van der Waals surface area contributed by atoms with Gasteiger partial charge in [-0.1, -0.05) is 61.5 Å². The van der Waals surface area contributed by atoms with Crippen molar-refractivity contribution in [3.8, 4) is 22.5 Å². The van der Waals surface area contributed by atoms with Gasteiger partial charge >= 0.3 is 120 Å². The third kappa shape index (κ3) is 8.72. The number of halogens is 1. The fraction of sp³-hybridized carbons (Fsp3) is 0.438. The zero-order valence-corrected chi connectivity index (χ0v) is 29.0. The van der Waals surface area contributed by atoms with E-state index in [-0.39, 0.29) is 49.6 Å². The SMILES string of the molecule is C[I-]C(=O)CCCC(=O)N(C)PCCC(=O)NCCC(=O)N1Cc2ccccc2-c2nnn(CC(C)C)c2-c2ccccc21. The van der Waals surface area contributed by atoms with Crippen LogP contribution in [0, 0.1) is 5.92 Å². The molecule has 0 saturated carbocycles. The summed E-state index contributed by atoms with van der Waals surface area (Å²) in [4.78, 5) is 53.8. The van der Waals surface area contributed by atoms with Crippen molar-refractivity contribution >= 4 is 35.9 Å². The summed E-state index contributed by atoms with van der Waals surface area (Å²) >= 11 is -0.407. The maximum atomic E-state index is 13.7. The molecule has 1 atom stereocenters. The zero-order valence-electron chi connectivity index (χ0n) is 25.8. The Morgan fingerprint density at radius 1 is 1.00 bits per heavy atom. The van der Waals surface area contributed by atoms with Gasteiger partial charge in [0.05, 0.1) is 17.9 Å². The molecule has 0 fully saturated rings. The molecule has 0 spiro atoms. The van der Waals surface area contributed by atoms with Crippen molar-refractivity contribution in [3.05, 3.63) is 54.1 Å². The Bertz CT molecular complexity index is 1490. The zero-order chi connectivity index (χ0) is 31.6. The number of hydrogen-bond donors (Lipinski definition) is 1. The van der Waals surface area contributed by atoms with Crippen LogP contribution in [0.15, 0.2) is 48.5 Å². The molecule has 12 heteroatoms. The first-order valence-corrected chi connectivity index (χ1v) is 19.3. The van der Waals surface area contributed by atoms with E-state index in [0.29, 0.717) is 44.4 Å². The van der Waals surface area contributed by atoms with E-state index < -0.39 is 21.2 Å². The van der Waals surface area contributed by atoms with Gasteiger partial charge in [0.25, 0.3) is 0 Å². The Morgan fingerprint density at radius 3 is 2.48 bits per heavy atom. The third-order valence-corrected chi connectivity index (χ3v) is 10.3. The van der Waals surface area contributed by atoms with Crippen LogP contribution in [0.1, 0.15) is 51.5 Å². The Hall–Kier alpha value is -3.18. The summed E-state index contributed by atoms with van der Waals surface area (Å²) in [6, 6.07) is 15.9. The van der Waals surface area contributed by atoms with E-state index in [1.807, 2.05) is 58.1 Å². The predicted octanol–water partition coefficient (Wildman–Crippen LogP) is 1.48. The van der Waals surface area contributed by atoms with Crippen molar-refractivity contribution < 1.29 is 40.4 Å². The number of nitrogens with one attached hydrogen (secondary N) is 1. The summed E-state index contributed by atoms with van der Waals surface area (Å²) in [5, 5.41) is 12.0. The van der Waals surface area contributed by atoms with Crippen LogP contribution in [0.3, 0.4) is 0 Å². The van der Waals surface area contributed by atoms with Crippen LogP contribution in [0.2, 0.25) is 0 Å². The van der Waals surface area contributed by atoms with Gasteiger partial charge in [-0.05, 0) is 17.5 Å². The van der Waals surface area contributed by atoms with Gasteiger partial charge < -0.3 is 4.90 Å². The van der Waals surface area contributed by atoms with Crippen molar-refractivity contribution in [3.63, 3.8) is 0 Å². The van der Waals surface area contributed by atoms with Crippen molar-refractivity contribution in [1.29, 1.82) is 0 Å². The molecule has 1 aliphatic rings. The van der Waals surface area contributed by atoms with Gasteiger partial charge in [-0.15, -0.1) is 5.10 Å². The van der Waals surface area contributed by atoms with E-state index in [2.05, 4.69) is 29.5 Å². The van der Waals surface area contributed by atoms with Crippen molar-refractivity contribution in [2.24, 2.45) is 5.92 Å². The molecule has 0 bridgehead atoms. The Balaban J connectivity index is 1.37. The van der Waals surface area contributed by atoms with Gasteiger partial charge in [-0.2, -0.15) is 0 Å². The second-order valence-corrected chi connectivity index (χ2v) is 14.9. The molecule has 3 aromatic rings. The van der Waals surface area contributed by atoms with Crippen LogP contribution < -0.4 is 31.4 Å². The number of anilines is 1. The molecule has 4 rings (SSSR count). The summed E-state index contributed by atoms with van der Waals surface area (Å²) in [5.74, 6) is 0.131. The molecule has 1 aliphatic heterocycles. The monoisotopic (exact) mass is 731 g/mol. The number of rotatable bonds is 14. The van der Waals surface area contributed by atoms with E-state index in [0.717, 1.165) is 33.8 Å². The van der Waals surface area contributed by atoms with Gasteiger partial charge in [-0.3, -0.25) is 4.79 Å². The topological polar surface area (TPSA) is 118 Å². The van der Waals surface area contributed by atoms with Crippen LogP contribution in [0.4, 0.5) is 5.69 Å². The molecular formula is C32H41IN6O4P-. The van der Waals surface area contributed by atoms with Gasteiger partial charge in [0.2, 0.25) is 5.91 Å². The molecule has 44 heavy (non-hydrogen) atoms. The number of fused-ring (bicyclic) bond motifs is 5. The normalized spacial score (nSPS) is 12.4. The number of benzene rings is 2. The molecule has 3 amide bonds. The Labute approximate surface area is 271 Å². The molecule has 0 saturated heterocycles. The predicted molar refractivity (Wildman–Crippen MR) is 170 cm³/mol. The second kappa shape index (κ2) is 16.2. The number of aromatic nitrogens is 3. The summed E-state index contributed by atoms with van der Waals surface area (Å²) in [5.41, 5.74) is 5.34. The third-order valence-electron chi connectivity index (χ3n) is 7.34. The van der Waals surface area contributed by atoms with Crippen molar-refractivity contribution in [2.75, 3.05) is 29.6 Å². The minimum atomic E-state index is -0.407. The molecule has 10 nitrogen and oxygen atoms in total. The number of carbonyl (C=O) groups excluding carboxylic acids is 4. The van der Waals surface area contributed by atoms with Crippen molar-refractivity contribution in [1.82, 2.24) is 25.0 Å². The van der Waals surface area contributed by atoms with Crippen LogP contribution in [-0.4, -0.2) is 65.9 Å². The van der Waals surface area contributed by atoms with Crippen LogP contribution in [0.5, 0.6) is 0 Å². The van der Waals surface area contributed by atoms with Gasteiger partial charge in [0, 0.05) is 24.1 Å². The fourth-order valence-electron chi connectivity index (χ4n) is 5.11. The molecule has 1 unspecified atom stereocenters. The Morgan fingerprint density at radius 2 is 1.73 bits per heavy atom.